The fraction of sp³-hybridized carbons (Fsp3) is 0.273. The van der Waals surface area contributed by atoms with Crippen LogP contribution in [0.1, 0.15) is 11.1 Å². The van der Waals surface area contributed by atoms with E-state index in [-0.39, 0.29) is 18.3 Å². The van der Waals surface area contributed by atoms with Gasteiger partial charge in [0.2, 0.25) is 5.91 Å². The van der Waals surface area contributed by atoms with Crippen LogP contribution in [0.4, 0.5) is 5.69 Å². The standard InChI is InChI=1S/C11H15N3O3/c1-7-4-3-5-8(10(7)11(12)14-16)13-9(15)6-17-2/h3-5,16H,6H2,1-2H3,(H2,12,14)(H,13,15). The second kappa shape index (κ2) is 5.86. The van der Waals surface area contributed by atoms with Gasteiger partial charge in [-0.25, -0.2) is 0 Å². The van der Waals surface area contributed by atoms with E-state index in [1.165, 1.54) is 7.11 Å². The summed E-state index contributed by atoms with van der Waals surface area (Å²) in [5, 5.41) is 14.3. The zero-order chi connectivity index (χ0) is 12.8. The molecule has 0 aromatic heterocycles. The molecule has 0 heterocycles. The van der Waals surface area contributed by atoms with Gasteiger partial charge in [0.1, 0.15) is 6.61 Å². The maximum absolute atomic E-state index is 11.4. The van der Waals surface area contributed by atoms with Gasteiger partial charge in [0.05, 0.1) is 5.69 Å². The lowest BCUT2D eigenvalue weighted by Crippen LogP contribution is -2.22. The van der Waals surface area contributed by atoms with Gasteiger partial charge in [0, 0.05) is 12.7 Å². The molecule has 17 heavy (non-hydrogen) atoms. The fourth-order valence-corrected chi connectivity index (χ4v) is 1.48. The van der Waals surface area contributed by atoms with Gasteiger partial charge in [-0.1, -0.05) is 17.3 Å². The second-order valence-corrected chi connectivity index (χ2v) is 3.46. The summed E-state index contributed by atoms with van der Waals surface area (Å²) in [4.78, 5) is 11.4. The summed E-state index contributed by atoms with van der Waals surface area (Å²) in [5.74, 6) is -0.346. The molecule has 6 nitrogen and oxygen atoms in total. The van der Waals surface area contributed by atoms with Crippen molar-refractivity contribution in [3.05, 3.63) is 29.3 Å². The van der Waals surface area contributed by atoms with Crippen LogP contribution in [0.2, 0.25) is 0 Å². The summed E-state index contributed by atoms with van der Waals surface area (Å²) in [6, 6.07) is 5.25. The molecular formula is C11H15N3O3. The first-order valence-corrected chi connectivity index (χ1v) is 4.96. The molecule has 0 aliphatic carbocycles. The van der Waals surface area contributed by atoms with Gasteiger partial charge in [0.15, 0.2) is 5.84 Å². The Hall–Kier alpha value is -2.08. The Morgan fingerprint density at radius 1 is 1.59 bits per heavy atom. The molecule has 0 saturated carbocycles. The summed E-state index contributed by atoms with van der Waals surface area (Å²) in [5.41, 5.74) is 7.35. The van der Waals surface area contributed by atoms with Gasteiger partial charge < -0.3 is 21.0 Å². The topological polar surface area (TPSA) is 96.9 Å². The Kier molecular flexibility index (Phi) is 4.47. The summed E-state index contributed by atoms with van der Waals surface area (Å²) in [7, 11) is 1.43. The van der Waals surface area contributed by atoms with Gasteiger partial charge in [-0.05, 0) is 18.6 Å². The molecule has 4 N–H and O–H groups in total. The quantitative estimate of drug-likeness (QED) is 0.310. The van der Waals surface area contributed by atoms with Crippen LogP contribution in [0, 0.1) is 6.92 Å². The smallest absolute Gasteiger partial charge is 0.250 e. The molecule has 6 heteroatoms. The van der Waals surface area contributed by atoms with E-state index in [0.717, 1.165) is 5.56 Å². The number of oxime groups is 1. The van der Waals surface area contributed by atoms with E-state index in [1.54, 1.807) is 25.1 Å². The van der Waals surface area contributed by atoms with Crippen LogP contribution in [0.3, 0.4) is 0 Å². The van der Waals surface area contributed by atoms with Crippen molar-refractivity contribution in [3.8, 4) is 0 Å². The minimum absolute atomic E-state index is 0.0455. The summed E-state index contributed by atoms with van der Waals surface area (Å²) >= 11 is 0. The molecule has 0 bridgehead atoms. The molecule has 1 rings (SSSR count). The number of anilines is 1. The highest BCUT2D eigenvalue weighted by Crippen LogP contribution is 2.19. The zero-order valence-corrected chi connectivity index (χ0v) is 9.73. The molecule has 0 atom stereocenters. The van der Waals surface area contributed by atoms with Crippen LogP contribution < -0.4 is 11.1 Å². The van der Waals surface area contributed by atoms with Crippen molar-refractivity contribution in [2.75, 3.05) is 19.0 Å². The zero-order valence-electron chi connectivity index (χ0n) is 9.73. The monoisotopic (exact) mass is 237 g/mol. The first-order chi connectivity index (χ1) is 8.10. The minimum Gasteiger partial charge on any atom is -0.409 e. The Labute approximate surface area is 99.1 Å². The number of ether oxygens (including phenoxy) is 1. The number of amides is 1. The lowest BCUT2D eigenvalue weighted by Gasteiger charge is -2.12. The second-order valence-electron chi connectivity index (χ2n) is 3.46. The first-order valence-electron chi connectivity index (χ1n) is 4.96. The van der Waals surface area contributed by atoms with Gasteiger partial charge >= 0.3 is 0 Å². The van der Waals surface area contributed by atoms with Crippen molar-refractivity contribution in [3.63, 3.8) is 0 Å². The number of nitrogens with zero attached hydrogens (tertiary/aromatic N) is 1. The maximum atomic E-state index is 11.4. The Morgan fingerprint density at radius 2 is 2.29 bits per heavy atom. The molecule has 0 radical (unpaired) electrons. The number of hydrogen-bond acceptors (Lipinski definition) is 4. The third-order valence-corrected chi connectivity index (χ3v) is 2.19. The van der Waals surface area contributed by atoms with Crippen molar-refractivity contribution in [1.29, 1.82) is 0 Å². The highest BCUT2D eigenvalue weighted by molar-refractivity contribution is 6.06. The lowest BCUT2D eigenvalue weighted by atomic mass is 10.1. The maximum Gasteiger partial charge on any atom is 0.250 e. The lowest BCUT2D eigenvalue weighted by molar-refractivity contribution is -0.119. The molecule has 1 aromatic rings. The first kappa shape index (κ1) is 13.0. The van der Waals surface area contributed by atoms with Gasteiger partial charge in [0.25, 0.3) is 0 Å². The number of aryl methyl sites for hydroxylation is 1. The molecule has 0 unspecified atom stereocenters. The van der Waals surface area contributed by atoms with Crippen LogP contribution in [0.15, 0.2) is 23.4 Å². The molecule has 1 aromatic carbocycles. The summed E-state index contributed by atoms with van der Waals surface area (Å²) < 4.78 is 4.71. The number of carbonyl (C=O) groups is 1. The third-order valence-electron chi connectivity index (χ3n) is 2.19. The number of carbonyl (C=O) groups excluding carboxylic acids is 1. The summed E-state index contributed by atoms with van der Waals surface area (Å²) in [6.07, 6.45) is 0. The van der Waals surface area contributed by atoms with Gasteiger partial charge in [-0.15, -0.1) is 0 Å². The molecule has 0 aliphatic heterocycles. The molecule has 92 valence electrons. The van der Waals surface area contributed by atoms with E-state index in [9.17, 15) is 4.79 Å². The van der Waals surface area contributed by atoms with Crippen LogP contribution in [0.25, 0.3) is 0 Å². The summed E-state index contributed by atoms with van der Waals surface area (Å²) in [6.45, 7) is 1.75. The Balaban J connectivity index is 3.07. The molecule has 0 saturated heterocycles. The molecular weight excluding hydrogens is 222 g/mol. The number of nitrogens with two attached hydrogens (primary N) is 1. The predicted octanol–water partition coefficient (Wildman–Crippen LogP) is 0.674. The van der Waals surface area contributed by atoms with E-state index in [4.69, 9.17) is 15.7 Å². The van der Waals surface area contributed by atoms with Crippen molar-refractivity contribution < 1.29 is 14.7 Å². The minimum atomic E-state index is -0.301. The number of benzene rings is 1. The third kappa shape index (κ3) is 3.18. The largest absolute Gasteiger partial charge is 0.409 e. The highest BCUT2D eigenvalue weighted by atomic mass is 16.5. The number of rotatable bonds is 4. The van der Waals surface area contributed by atoms with Crippen LogP contribution >= 0.6 is 0 Å². The van der Waals surface area contributed by atoms with Crippen LogP contribution in [0.5, 0.6) is 0 Å². The Morgan fingerprint density at radius 3 is 2.88 bits per heavy atom. The van der Waals surface area contributed by atoms with E-state index in [2.05, 4.69) is 10.5 Å². The Bertz CT molecular complexity index is 444. The van der Waals surface area contributed by atoms with E-state index in [0.29, 0.717) is 11.3 Å². The molecule has 0 fully saturated rings. The van der Waals surface area contributed by atoms with E-state index in [1.807, 2.05) is 0 Å². The molecule has 0 aliphatic rings. The fourth-order valence-electron chi connectivity index (χ4n) is 1.48. The SMILES string of the molecule is COCC(=O)Nc1cccc(C)c1/C(N)=N/O. The van der Waals surface area contributed by atoms with Crippen LogP contribution in [-0.2, 0) is 9.53 Å². The number of nitrogens with one attached hydrogen (secondary N) is 1. The van der Waals surface area contributed by atoms with Gasteiger partial charge in [-0.3, -0.25) is 4.79 Å². The van der Waals surface area contributed by atoms with Crippen molar-refractivity contribution in [1.82, 2.24) is 0 Å². The normalized spacial score (nSPS) is 11.3. The average Bonchev–Trinajstić information content (AvgIpc) is 2.28. The number of hydrogen-bond donors (Lipinski definition) is 3. The van der Waals surface area contributed by atoms with Crippen molar-refractivity contribution >= 4 is 17.4 Å². The van der Waals surface area contributed by atoms with E-state index < -0.39 is 0 Å². The van der Waals surface area contributed by atoms with Crippen molar-refractivity contribution in [2.45, 2.75) is 6.92 Å². The molecule has 1 amide bonds. The predicted molar refractivity (Wildman–Crippen MR) is 64.2 cm³/mol. The molecule has 0 spiro atoms. The number of methoxy groups -OCH3 is 1. The van der Waals surface area contributed by atoms with Gasteiger partial charge in [-0.2, -0.15) is 0 Å². The van der Waals surface area contributed by atoms with Crippen molar-refractivity contribution in [2.24, 2.45) is 10.9 Å². The average molecular weight is 237 g/mol. The van der Waals surface area contributed by atoms with Crippen LogP contribution in [-0.4, -0.2) is 30.7 Å². The number of amidine groups is 1. The highest BCUT2D eigenvalue weighted by Gasteiger charge is 2.12. The van der Waals surface area contributed by atoms with E-state index >= 15 is 0 Å².